The molecule has 0 radical (unpaired) electrons. The molecule has 162 valence electrons. The van der Waals surface area contributed by atoms with Gasteiger partial charge >= 0.3 is 0 Å². The Kier molecular flexibility index (Phi) is 4.72. The van der Waals surface area contributed by atoms with E-state index in [-0.39, 0.29) is 6.04 Å². The average molecular weight is 429 g/mol. The van der Waals surface area contributed by atoms with Gasteiger partial charge in [0.25, 0.3) is 0 Å². The summed E-state index contributed by atoms with van der Waals surface area (Å²) in [5, 5.41) is 18.4. The molecule has 1 aliphatic carbocycles. The third-order valence-electron chi connectivity index (χ3n) is 6.52. The Labute approximate surface area is 185 Å². The molecule has 32 heavy (non-hydrogen) atoms. The van der Waals surface area contributed by atoms with E-state index >= 15 is 0 Å². The number of rotatable bonds is 6. The van der Waals surface area contributed by atoms with Crippen molar-refractivity contribution < 1.29 is 4.74 Å². The van der Waals surface area contributed by atoms with Crippen LogP contribution in [-0.2, 0) is 4.74 Å². The van der Waals surface area contributed by atoms with Crippen LogP contribution in [-0.4, -0.2) is 47.1 Å². The molecule has 0 aromatic carbocycles. The molecule has 1 atom stereocenters. The van der Waals surface area contributed by atoms with Gasteiger partial charge in [0.05, 0.1) is 48.2 Å². The summed E-state index contributed by atoms with van der Waals surface area (Å²) in [6.45, 7) is 1.56. The lowest BCUT2D eigenvalue weighted by molar-refractivity contribution is 0.0662. The predicted molar refractivity (Wildman–Crippen MR) is 117 cm³/mol. The van der Waals surface area contributed by atoms with Crippen molar-refractivity contribution in [2.75, 3.05) is 13.2 Å². The van der Waals surface area contributed by atoms with Crippen LogP contribution in [0.3, 0.4) is 0 Å². The smallest absolute Gasteiger partial charge is 0.149 e. The Morgan fingerprint density at radius 1 is 1.09 bits per heavy atom. The fourth-order valence-electron chi connectivity index (χ4n) is 4.58. The first-order chi connectivity index (χ1) is 15.8. The standard InChI is InChI=1S/C23H24N8O/c24-6-3-21(16-1-2-16)31-15-18(13-27-31)23-28-20(11-22-25-7-8-29(22)23)17-12-26-30(14-17)19-4-9-32-10-5-19/h7-8,11-16,19,21H,1-5,9-10H2. The van der Waals surface area contributed by atoms with E-state index in [9.17, 15) is 5.26 Å². The van der Waals surface area contributed by atoms with Crippen LogP contribution < -0.4 is 0 Å². The fourth-order valence-corrected chi connectivity index (χ4v) is 4.58. The number of aromatic nitrogens is 7. The third-order valence-corrected chi connectivity index (χ3v) is 6.52. The highest BCUT2D eigenvalue weighted by molar-refractivity contribution is 5.68. The Hall–Kier alpha value is -3.51. The van der Waals surface area contributed by atoms with E-state index in [0.29, 0.717) is 18.4 Å². The molecule has 9 heteroatoms. The molecular weight excluding hydrogens is 404 g/mol. The topological polar surface area (TPSA) is 98.8 Å². The van der Waals surface area contributed by atoms with Crippen LogP contribution in [0.4, 0.5) is 0 Å². The van der Waals surface area contributed by atoms with E-state index in [1.165, 1.54) is 0 Å². The molecule has 1 saturated carbocycles. The first-order valence-electron chi connectivity index (χ1n) is 11.2. The van der Waals surface area contributed by atoms with Gasteiger partial charge in [-0.1, -0.05) is 0 Å². The molecule has 1 aliphatic heterocycles. The number of hydrogen-bond donors (Lipinski definition) is 0. The van der Waals surface area contributed by atoms with E-state index in [2.05, 4.69) is 27.4 Å². The quantitative estimate of drug-likeness (QED) is 0.465. The van der Waals surface area contributed by atoms with Crippen molar-refractivity contribution in [1.82, 2.24) is 33.9 Å². The zero-order valence-electron chi connectivity index (χ0n) is 17.7. The zero-order chi connectivity index (χ0) is 21.5. The van der Waals surface area contributed by atoms with Crippen molar-refractivity contribution in [1.29, 1.82) is 5.26 Å². The van der Waals surface area contributed by atoms with Gasteiger partial charge in [0.2, 0.25) is 0 Å². The maximum Gasteiger partial charge on any atom is 0.149 e. The van der Waals surface area contributed by atoms with E-state index in [4.69, 9.17) is 9.72 Å². The Morgan fingerprint density at radius 3 is 2.75 bits per heavy atom. The van der Waals surface area contributed by atoms with Gasteiger partial charge < -0.3 is 4.74 Å². The van der Waals surface area contributed by atoms with Gasteiger partial charge in [-0.2, -0.15) is 15.5 Å². The molecule has 2 aliphatic rings. The lowest BCUT2D eigenvalue weighted by atomic mass is 10.1. The molecule has 4 aromatic heterocycles. The molecule has 6 rings (SSSR count). The van der Waals surface area contributed by atoms with Gasteiger partial charge in [0, 0.05) is 49.6 Å². The summed E-state index contributed by atoms with van der Waals surface area (Å²) < 4.78 is 11.4. The predicted octanol–water partition coefficient (Wildman–Crippen LogP) is 3.67. The Morgan fingerprint density at radius 2 is 1.94 bits per heavy atom. The lowest BCUT2D eigenvalue weighted by Gasteiger charge is -2.22. The van der Waals surface area contributed by atoms with Gasteiger partial charge in [0.15, 0.2) is 0 Å². The van der Waals surface area contributed by atoms with Crippen LogP contribution in [0.15, 0.2) is 43.2 Å². The molecule has 9 nitrogen and oxygen atoms in total. The lowest BCUT2D eigenvalue weighted by Crippen LogP contribution is -2.19. The minimum absolute atomic E-state index is 0.132. The third kappa shape index (κ3) is 3.46. The minimum atomic E-state index is 0.132. The molecule has 2 fully saturated rings. The highest BCUT2D eigenvalue weighted by Crippen LogP contribution is 2.41. The van der Waals surface area contributed by atoms with Crippen LogP contribution in [0, 0.1) is 17.2 Å². The van der Waals surface area contributed by atoms with E-state index in [0.717, 1.165) is 67.2 Å². The molecule has 4 aromatic rings. The summed E-state index contributed by atoms with van der Waals surface area (Å²) in [7, 11) is 0. The van der Waals surface area contributed by atoms with Crippen LogP contribution in [0.25, 0.3) is 28.3 Å². The second-order valence-corrected chi connectivity index (χ2v) is 8.65. The number of hydrogen-bond acceptors (Lipinski definition) is 6. The SMILES string of the molecule is N#CCC(C1CC1)n1cc(-c2nc(-c3cnn(C4CCOCC4)c3)cc3nccn23)cn1. The first-order valence-corrected chi connectivity index (χ1v) is 11.2. The second kappa shape index (κ2) is 7.88. The molecule has 5 heterocycles. The van der Waals surface area contributed by atoms with Crippen molar-refractivity contribution >= 4 is 5.65 Å². The maximum absolute atomic E-state index is 9.24. The van der Waals surface area contributed by atoms with Crippen LogP contribution in [0.2, 0.25) is 0 Å². The normalized spacial score (nSPS) is 18.1. The Bertz CT molecular complexity index is 1280. The van der Waals surface area contributed by atoms with Crippen LogP contribution in [0.1, 0.15) is 44.2 Å². The van der Waals surface area contributed by atoms with E-state index < -0.39 is 0 Å². The van der Waals surface area contributed by atoms with Crippen molar-refractivity contribution in [3.63, 3.8) is 0 Å². The highest BCUT2D eigenvalue weighted by atomic mass is 16.5. The molecule has 1 unspecified atom stereocenters. The summed E-state index contributed by atoms with van der Waals surface area (Å²) in [6.07, 6.45) is 16.2. The monoisotopic (exact) mass is 428 g/mol. The molecular formula is C23H24N8O. The average Bonchev–Trinajstić information content (AvgIpc) is 3.23. The van der Waals surface area contributed by atoms with Gasteiger partial charge in [-0.25, -0.2) is 9.97 Å². The fraction of sp³-hybridized carbons (Fsp3) is 0.435. The van der Waals surface area contributed by atoms with E-state index in [1.807, 2.05) is 44.6 Å². The molecule has 0 N–H and O–H groups in total. The maximum atomic E-state index is 9.24. The van der Waals surface area contributed by atoms with Gasteiger partial charge in [-0.15, -0.1) is 0 Å². The molecule has 0 amide bonds. The summed E-state index contributed by atoms with van der Waals surface area (Å²) in [5.74, 6) is 1.33. The molecule has 0 bridgehead atoms. The summed E-state index contributed by atoms with van der Waals surface area (Å²) in [6, 6.07) is 4.80. The van der Waals surface area contributed by atoms with Crippen molar-refractivity contribution in [2.24, 2.45) is 5.92 Å². The number of nitriles is 1. The summed E-state index contributed by atoms with van der Waals surface area (Å²) in [5.41, 5.74) is 3.54. The van der Waals surface area contributed by atoms with Crippen molar-refractivity contribution in [3.8, 4) is 28.7 Å². The van der Waals surface area contributed by atoms with Gasteiger partial charge in [-0.05, 0) is 31.6 Å². The van der Waals surface area contributed by atoms with Gasteiger partial charge in [-0.3, -0.25) is 13.8 Å². The number of imidazole rings is 1. The van der Waals surface area contributed by atoms with Gasteiger partial charge in [0.1, 0.15) is 11.5 Å². The van der Waals surface area contributed by atoms with Crippen molar-refractivity contribution in [3.05, 3.63) is 43.2 Å². The summed E-state index contributed by atoms with van der Waals surface area (Å²) >= 11 is 0. The van der Waals surface area contributed by atoms with Crippen LogP contribution >= 0.6 is 0 Å². The number of ether oxygens (including phenoxy) is 1. The number of nitrogens with zero attached hydrogens (tertiary/aromatic N) is 8. The molecule has 0 spiro atoms. The van der Waals surface area contributed by atoms with Crippen molar-refractivity contribution in [2.45, 2.75) is 44.2 Å². The second-order valence-electron chi connectivity index (χ2n) is 8.65. The minimum Gasteiger partial charge on any atom is -0.381 e. The largest absolute Gasteiger partial charge is 0.381 e. The van der Waals surface area contributed by atoms with Crippen LogP contribution in [0.5, 0.6) is 0 Å². The Balaban J connectivity index is 1.37. The summed E-state index contributed by atoms with van der Waals surface area (Å²) in [4.78, 5) is 9.48. The number of fused-ring (bicyclic) bond motifs is 1. The first kappa shape index (κ1) is 19.2. The van der Waals surface area contributed by atoms with E-state index in [1.54, 1.807) is 6.20 Å². The highest BCUT2D eigenvalue weighted by Gasteiger charge is 2.33. The zero-order valence-corrected chi connectivity index (χ0v) is 17.7. The molecule has 1 saturated heterocycles.